The second-order valence-corrected chi connectivity index (χ2v) is 7.98. The third kappa shape index (κ3) is 6.15. The molecule has 5 heteroatoms. The van der Waals surface area contributed by atoms with Crippen LogP contribution < -0.4 is 5.32 Å². The average molecular weight is 383 g/mol. The van der Waals surface area contributed by atoms with Gasteiger partial charge in [-0.25, -0.2) is 4.79 Å². The predicted molar refractivity (Wildman–Crippen MR) is 96.6 cm³/mol. The summed E-state index contributed by atoms with van der Waals surface area (Å²) in [5.74, 6) is 0.515. The Morgan fingerprint density at radius 3 is 2.83 bits per heavy atom. The van der Waals surface area contributed by atoms with E-state index in [9.17, 15) is 4.79 Å². The third-order valence-corrected chi connectivity index (χ3v) is 4.67. The van der Waals surface area contributed by atoms with Gasteiger partial charge >= 0.3 is 6.09 Å². The van der Waals surface area contributed by atoms with Crippen LogP contribution in [-0.2, 0) is 11.2 Å². The number of carbonyl (C=O) groups excluding carboxylic acids is 1. The van der Waals surface area contributed by atoms with E-state index in [1.54, 1.807) is 0 Å². The van der Waals surface area contributed by atoms with Crippen LogP contribution in [0.4, 0.5) is 4.79 Å². The normalized spacial score (nSPS) is 18.3. The van der Waals surface area contributed by atoms with Crippen molar-refractivity contribution in [3.63, 3.8) is 0 Å². The van der Waals surface area contributed by atoms with Crippen LogP contribution in [0.3, 0.4) is 0 Å². The van der Waals surface area contributed by atoms with Gasteiger partial charge in [0.1, 0.15) is 5.60 Å². The van der Waals surface area contributed by atoms with Gasteiger partial charge < -0.3 is 15.0 Å². The van der Waals surface area contributed by atoms with Gasteiger partial charge in [0.25, 0.3) is 0 Å². The maximum Gasteiger partial charge on any atom is 0.410 e. The number of carbonyl (C=O) groups is 1. The van der Waals surface area contributed by atoms with Crippen molar-refractivity contribution in [1.82, 2.24) is 10.2 Å². The van der Waals surface area contributed by atoms with Crippen molar-refractivity contribution < 1.29 is 9.53 Å². The molecule has 128 valence electrons. The molecule has 1 saturated heterocycles. The van der Waals surface area contributed by atoms with E-state index in [0.717, 1.165) is 39.0 Å². The lowest BCUT2D eigenvalue weighted by atomic mass is 10.1. The van der Waals surface area contributed by atoms with E-state index in [2.05, 4.69) is 39.4 Å². The molecule has 0 radical (unpaired) electrons. The van der Waals surface area contributed by atoms with E-state index in [4.69, 9.17) is 4.74 Å². The molecule has 1 fully saturated rings. The van der Waals surface area contributed by atoms with Crippen LogP contribution in [0.25, 0.3) is 0 Å². The Bertz CT molecular complexity index is 528. The zero-order valence-corrected chi connectivity index (χ0v) is 15.9. The number of amides is 1. The summed E-state index contributed by atoms with van der Waals surface area (Å²) in [5, 5.41) is 3.51. The number of nitrogens with one attached hydrogen (secondary N) is 1. The molecule has 23 heavy (non-hydrogen) atoms. The van der Waals surface area contributed by atoms with Gasteiger partial charge in [-0.1, -0.05) is 34.1 Å². The van der Waals surface area contributed by atoms with Crippen LogP contribution in [0.5, 0.6) is 0 Å². The zero-order chi connectivity index (χ0) is 16.9. The molecule has 1 aliphatic rings. The topological polar surface area (TPSA) is 41.6 Å². The van der Waals surface area contributed by atoms with Crippen molar-refractivity contribution in [2.24, 2.45) is 5.92 Å². The summed E-state index contributed by atoms with van der Waals surface area (Å²) < 4.78 is 6.59. The van der Waals surface area contributed by atoms with Crippen molar-refractivity contribution in [3.8, 4) is 0 Å². The molecule has 0 aliphatic carbocycles. The fourth-order valence-electron chi connectivity index (χ4n) is 2.72. The first-order valence-electron chi connectivity index (χ1n) is 8.27. The fraction of sp³-hybridized carbons (Fsp3) is 0.611. The maximum absolute atomic E-state index is 12.0. The smallest absolute Gasteiger partial charge is 0.410 e. The highest BCUT2D eigenvalue weighted by Crippen LogP contribution is 2.19. The first-order valence-corrected chi connectivity index (χ1v) is 9.06. The lowest BCUT2D eigenvalue weighted by molar-refractivity contribution is 0.0288. The van der Waals surface area contributed by atoms with E-state index < -0.39 is 5.60 Å². The van der Waals surface area contributed by atoms with Crippen molar-refractivity contribution in [3.05, 3.63) is 34.3 Å². The van der Waals surface area contributed by atoms with Crippen molar-refractivity contribution >= 4 is 22.0 Å². The van der Waals surface area contributed by atoms with Crippen LogP contribution in [-0.4, -0.2) is 42.8 Å². The lowest BCUT2D eigenvalue weighted by Gasteiger charge is -2.24. The Morgan fingerprint density at radius 1 is 1.39 bits per heavy atom. The maximum atomic E-state index is 12.0. The summed E-state index contributed by atoms with van der Waals surface area (Å²) >= 11 is 3.58. The van der Waals surface area contributed by atoms with Gasteiger partial charge in [0.15, 0.2) is 0 Å². The molecular formula is C18H27BrN2O2. The minimum atomic E-state index is -0.420. The number of ether oxygens (including phenoxy) is 1. The average Bonchev–Trinajstić information content (AvgIpc) is 2.92. The Balaban J connectivity index is 1.66. The number of halogens is 1. The van der Waals surface area contributed by atoms with Gasteiger partial charge in [0.05, 0.1) is 0 Å². The number of hydrogen-bond acceptors (Lipinski definition) is 3. The second kappa shape index (κ2) is 8.15. The van der Waals surface area contributed by atoms with Crippen LogP contribution in [0.1, 0.15) is 32.8 Å². The molecule has 1 aromatic carbocycles. The zero-order valence-electron chi connectivity index (χ0n) is 14.3. The molecule has 1 aromatic rings. The van der Waals surface area contributed by atoms with Crippen LogP contribution in [0, 0.1) is 5.92 Å². The predicted octanol–water partition coefficient (Wildman–Crippen LogP) is 3.84. The molecular weight excluding hydrogens is 356 g/mol. The van der Waals surface area contributed by atoms with Crippen molar-refractivity contribution in [2.75, 3.05) is 26.2 Å². The second-order valence-electron chi connectivity index (χ2n) is 7.13. The minimum Gasteiger partial charge on any atom is -0.444 e. The largest absolute Gasteiger partial charge is 0.444 e. The van der Waals surface area contributed by atoms with Crippen molar-refractivity contribution in [2.45, 2.75) is 39.2 Å². The van der Waals surface area contributed by atoms with Gasteiger partial charge in [-0.3, -0.25) is 0 Å². The molecule has 2 rings (SSSR count). The van der Waals surface area contributed by atoms with Gasteiger partial charge in [0, 0.05) is 17.6 Å². The van der Waals surface area contributed by atoms with Crippen LogP contribution >= 0.6 is 15.9 Å². The van der Waals surface area contributed by atoms with E-state index in [0.29, 0.717) is 5.92 Å². The Kier molecular flexibility index (Phi) is 6.48. The van der Waals surface area contributed by atoms with Gasteiger partial charge in [0.2, 0.25) is 0 Å². The van der Waals surface area contributed by atoms with E-state index in [1.807, 2.05) is 31.7 Å². The highest BCUT2D eigenvalue weighted by Gasteiger charge is 2.29. The van der Waals surface area contributed by atoms with E-state index >= 15 is 0 Å². The number of benzene rings is 1. The number of likely N-dealkylation sites (tertiary alicyclic amines) is 1. The first-order chi connectivity index (χ1) is 10.8. The Morgan fingerprint density at radius 2 is 2.13 bits per heavy atom. The SMILES string of the molecule is CC(C)(C)OC(=O)N1CC[C@H](CNCCc2ccccc2Br)C1. The minimum absolute atomic E-state index is 0.187. The van der Waals surface area contributed by atoms with Gasteiger partial charge in [-0.15, -0.1) is 0 Å². The fourth-order valence-corrected chi connectivity index (χ4v) is 3.20. The molecule has 0 aromatic heterocycles. The summed E-state index contributed by atoms with van der Waals surface area (Å²) in [7, 11) is 0. The molecule has 1 N–H and O–H groups in total. The molecule has 0 unspecified atom stereocenters. The summed E-state index contributed by atoms with van der Waals surface area (Å²) in [6.07, 6.45) is 1.86. The van der Waals surface area contributed by atoms with Crippen LogP contribution in [0.2, 0.25) is 0 Å². The molecule has 0 bridgehead atoms. The summed E-state index contributed by atoms with van der Waals surface area (Å²) in [4.78, 5) is 13.9. The lowest BCUT2D eigenvalue weighted by Crippen LogP contribution is -2.36. The van der Waals surface area contributed by atoms with Crippen molar-refractivity contribution in [1.29, 1.82) is 0 Å². The molecule has 1 atom stereocenters. The monoisotopic (exact) mass is 382 g/mol. The highest BCUT2D eigenvalue weighted by atomic mass is 79.9. The number of hydrogen-bond donors (Lipinski definition) is 1. The highest BCUT2D eigenvalue weighted by molar-refractivity contribution is 9.10. The van der Waals surface area contributed by atoms with Gasteiger partial charge in [-0.05, 0) is 64.3 Å². The third-order valence-electron chi connectivity index (χ3n) is 3.90. The molecule has 1 aliphatic heterocycles. The Hall–Kier alpha value is -1.07. The summed E-state index contributed by atoms with van der Waals surface area (Å²) in [5.41, 5.74) is 0.901. The molecule has 1 amide bonds. The molecule has 0 saturated carbocycles. The molecule has 0 spiro atoms. The standard InChI is InChI=1S/C18H27BrN2O2/c1-18(2,3)23-17(22)21-11-9-14(13-21)12-20-10-8-15-6-4-5-7-16(15)19/h4-7,14,20H,8-13H2,1-3H3/t14-/m1/s1. The van der Waals surface area contributed by atoms with Gasteiger partial charge in [-0.2, -0.15) is 0 Å². The number of rotatable bonds is 5. The summed E-state index contributed by atoms with van der Waals surface area (Å²) in [6.45, 7) is 9.20. The number of nitrogens with zero attached hydrogens (tertiary/aromatic N) is 1. The first kappa shape index (κ1) is 18.3. The van der Waals surface area contributed by atoms with E-state index in [1.165, 1.54) is 10.0 Å². The Labute approximate surface area is 147 Å². The van der Waals surface area contributed by atoms with E-state index in [-0.39, 0.29) is 6.09 Å². The molecule has 4 nitrogen and oxygen atoms in total. The quantitative estimate of drug-likeness (QED) is 0.786. The molecule has 1 heterocycles. The summed E-state index contributed by atoms with van der Waals surface area (Å²) in [6, 6.07) is 8.32. The van der Waals surface area contributed by atoms with Crippen LogP contribution in [0.15, 0.2) is 28.7 Å².